The van der Waals surface area contributed by atoms with E-state index in [0.29, 0.717) is 0 Å². The molecule has 3 aromatic rings. The predicted molar refractivity (Wildman–Crippen MR) is 127 cm³/mol. The molecule has 2 amide bonds. The third-order valence-electron chi connectivity index (χ3n) is 6.03. The Morgan fingerprint density at radius 1 is 1.09 bits per heavy atom. The number of ether oxygens (including phenoxy) is 2. The molecule has 1 unspecified atom stereocenters. The number of amides is 2. The van der Waals surface area contributed by atoms with Gasteiger partial charge in [-0.2, -0.15) is 5.10 Å². The van der Waals surface area contributed by atoms with Crippen molar-refractivity contribution in [1.29, 1.82) is 0 Å². The third-order valence-corrected chi connectivity index (χ3v) is 6.03. The maximum atomic E-state index is 12.9. The smallest absolute Gasteiger partial charge is 0.411 e. The normalized spacial score (nSPS) is 13.9. The van der Waals surface area contributed by atoms with Crippen LogP contribution in [-0.4, -0.2) is 58.7 Å². The number of anilines is 1. The van der Waals surface area contributed by atoms with E-state index in [1.807, 2.05) is 48.5 Å². The lowest BCUT2D eigenvalue weighted by atomic mass is 9.98. The number of benzene rings is 2. The molecule has 4 rings (SSSR count). The molecule has 10 heteroatoms. The number of nitrogens with one attached hydrogen (secondary N) is 2. The second kappa shape index (κ2) is 9.59. The predicted octanol–water partition coefficient (Wildman–Crippen LogP) is 3.00. The summed E-state index contributed by atoms with van der Waals surface area (Å²) in [7, 11) is 2.84. The molecule has 0 fully saturated rings. The molecule has 1 aliphatic rings. The quantitative estimate of drug-likeness (QED) is 0.453. The number of nitrogens with zero attached hydrogens (tertiary/aromatic N) is 2. The van der Waals surface area contributed by atoms with Crippen LogP contribution in [0.15, 0.2) is 54.7 Å². The van der Waals surface area contributed by atoms with Crippen LogP contribution in [-0.2, 0) is 21.3 Å². The average Bonchev–Trinajstić information content (AvgIpc) is 3.35. The zero-order chi connectivity index (χ0) is 25.2. The molecular formula is C25H26N4O6. The molecule has 1 aliphatic carbocycles. The first-order chi connectivity index (χ1) is 16.7. The summed E-state index contributed by atoms with van der Waals surface area (Å²) >= 11 is 0. The fraction of sp³-hybridized carbons (Fsp3) is 0.280. The SMILES string of the molecule is COCC(C)(NC(=O)c1c(NC(=O)OCC2c3ccccc3-c3ccccc32)cnn1C)C(=O)O. The number of carbonyl (C=O) groups excluding carboxylic acids is 2. The molecule has 1 aromatic heterocycles. The van der Waals surface area contributed by atoms with Crippen molar-refractivity contribution in [3.63, 3.8) is 0 Å². The summed E-state index contributed by atoms with van der Waals surface area (Å²) < 4.78 is 11.7. The second-order valence-corrected chi connectivity index (χ2v) is 8.51. The molecule has 10 nitrogen and oxygen atoms in total. The van der Waals surface area contributed by atoms with Gasteiger partial charge in [-0.05, 0) is 29.2 Å². The zero-order valence-electron chi connectivity index (χ0n) is 19.6. The monoisotopic (exact) mass is 478 g/mol. The Balaban J connectivity index is 1.47. The van der Waals surface area contributed by atoms with Crippen LogP contribution in [0, 0.1) is 0 Å². The van der Waals surface area contributed by atoms with E-state index in [0.717, 1.165) is 22.3 Å². The molecule has 0 saturated carbocycles. The Kier molecular flexibility index (Phi) is 6.57. The van der Waals surface area contributed by atoms with Gasteiger partial charge in [0.1, 0.15) is 12.3 Å². The minimum atomic E-state index is -1.67. The Morgan fingerprint density at radius 2 is 1.69 bits per heavy atom. The molecular weight excluding hydrogens is 452 g/mol. The van der Waals surface area contributed by atoms with Gasteiger partial charge in [-0.25, -0.2) is 9.59 Å². The van der Waals surface area contributed by atoms with E-state index in [1.54, 1.807) is 0 Å². The summed E-state index contributed by atoms with van der Waals surface area (Å²) in [6.45, 7) is 1.18. The maximum absolute atomic E-state index is 12.9. The number of aromatic nitrogens is 2. The van der Waals surface area contributed by atoms with Gasteiger partial charge in [-0.15, -0.1) is 0 Å². The molecule has 3 N–H and O–H groups in total. The van der Waals surface area contributed by atoms with Gasteiger partial charge in [0.2, 0.25) is 0 Å². The molecule has 2 aromatic carbocycles. The van der Waals surface area contributed by atoms with Crippen LogP contribution in [0.4, 0.5) is 10.5 Å². The van der Waals surface area contributed by atoms with Gasteiger partial charge < -0.3 is 19.9 Å². The fourth-order valence-corrected chi connectivity index (χ4v) is 4.29. The fourth-order valence-electron chi connectivity index (χ4n) is 4.29. The van der Waals surface area contributed by atoms with Crippen LogP contribution < -0.4 is 10.6 Å². The summed E-state index contributed by atoms with van der Waals surface area (Å²) in [6.07, 6.45) is 0.539. The van der Waals surface area contributed by atoms with Crippen molar-refractivity contribution in [3.05, 3.63) is 71.5 Å². The van der Waals surface area contributed by atoms with E-state index in [9.17, 15) is 19.5 Å². The largest absolute Gasteiger partial charge is 0.479 e. The zero-order valence-corrected chi connectivity index (χ0v) is 19.6. The van der Waals surface area contributed by atoms with E-state index < -0.39 is 23.5 Å². The molecule has 0 saturated heterocycles. The summed E-state index contributed by atoms with van der Waals surface area (Å²) in [4.78, 5) is 37.2. The standard InChI is InChI=1S/C25H26N4O6/c1-25(14-34-3,23(31)32)28-22(30)21-20(12-26-29(21)2)27-24(33)35-13-19-17-10-6-4-8-15(17)16-9-5-7-11-18(16)19/h4-12,19H,13-14H2,1-3H3,(H,27,33)(H,28,30)(H,31,32). The van der Waals surface area contributed by atoms with Gasteiger partial charge in [0, 0.05) is 20.1 Å². The van der Waals surface area contributed by atoms with Crippen LogP contribution in [0.3, 0.4) is 0 Å². The molecule has 35 heavy (non-hydrogen) atoms. The number of hydrogen-bond acceptors (Lipinski definition) is 6. The minimum absolute atomic E-state index is 0.0258. The Bertz CT molecular complexity index is 1240. The number of methoxy groups -OCH3 is 1. The first-order valence-corrected chi connectivity index (χ1v) is 10.9. The van der Waals surface area contributed by atoms with Crippen LogP contribution in [0.25, 0.3) is 11.1 Å². The van der Waals surface area contributed by atoms with E-state index >= 15 is 0 Å². The number of fused-ring (bicyclic) bond motifs is 3. The summed E-state index contributed by atoms with van der Waals surface area (Å²) in [5.41, 5.74) is 2.77. The Hall–Kier alpha value is -4.18. The van der Waals surface area contributed by atoms with Crippen molar-refractivity contribution in [2.24, 2.45) is 7.05 Å². The summed E-state index contributed by atoms with van der Waals surface area (Å²) in [5.74, 6) is -2.11. The highest BCUT2D eigenvalue weighted by atomic mass is 16.5. The average molecular weight is 479 g/mol. The molecule has 0 radical (unpaired) electrons. The molecule has 182 valence electrons. The molecule has 0 bridgehead atoms. The Labute approximate surface area is 201 Å². The van der Waals surface area contributed by atoms with E-state index in [-0.39, 0.29) is 30.5 Å². The molecule has 0 aliphatic heterocycles. The number of carboxylic acid groups (broad SMARTS) is 1. The highest BCUT2D eigenvalue weighted by molar-refractivity contribution is 6.03. The van der Waals surface area contributed by atoms with Gasteiger partial charge in [0.15, 0.2) is 5.54 Å². The lowest BCUT2D eigenvalue weighted by molar-refractivity contribution is -0.145. The first-order valence-electron chi connectivity index (χ1n) is 10.9. The summed E-state index contributed by atoms with van der Waals surface area (Å²) in [6, 6.07) is 16.0. The Morgan fingerprint density at radius 3 is 2.26 bits per heavy atom. The number of aliphatic carboxylic acids is 1. The summed E-state index contributed by atoms with van der Waals surface area (Å²) in [5, 5.41) is 18.5. The number of carbonyl (C=O) groups is 3. The van der Waals surface area contributed by atoms with Crippen molar-refractivity contribution >= 4 is 23.7 Å². The lowest BCUT2D eigenvalue weighted by Crippen LogP contribution is -2.55. The van der Waals surface area contributed by atoms with Crippen LogP contribution >= 0.6 is 0 Å². The van der Waals surface area contributed by atoms with E-state index in [2.05, 4.69) is 15.7 Å². The highest BCUT2D eigenvalue weighted by Crippen LogP contribution is 2.44. The van der Waals surface area contributed by atoms with Gasteiger partial charge in [0.05, 0.1) is 18.5 Å². The molecule has 1 heterocycles. The molecule has 0 spiro atoms. The van der Waals surface area contributed by atoms with Crippen LogP contribution in [0.5, 0.6) is 0 Å². The number of hydrogen-bond donors (Lipinski definition) is 3. The van der Waals surface area contributed by atoms with Crippen molar-refractivity contribution in [2.45, 2.75) is 18.4 Å². The van der Waals surface area contributed by atoms with Gasteiger partial charge in [-0.3, -0.25) is 14.8 Å². The van der Waals surface area contributed by atoms with E-state index in [1.165, 1.54) is 32.0 Å². The number of rotatable bonds is 8. The van der Waals surface area contributed by atoms with Crippen LogP contribution in [0.1, 0.15) is 34.5 Å². The molecule has 1 atom stereocenters. The minimum Gasteiger partial charge on any atom is -0.479 e. The second-order valence-electron chi connectivity index (χ2n) is 8.51. The number of aryl methyl sites for hydroxylation is 1. The topological polar surface area (TPSA) is 132 Å². The number of carboxylic acids is 1. The van der Waals surface area contributed by atoms with Gasteiger partial charge >= 0.3 is 12.1 Å². The van der Waals surface area contributed by atoms with Crippen molar-refractivity contribution in [3.8, 4) is 11.1 Å². The first kappa shape index (κ1) is 24.0. The van der Waals surface area contributed by atoms with Crippen molar-refractivity contribution in [2.75, 3.05) is 25.6 Å². The van der Waals surface area contributed by atoms with E-state index in [4.69, 9.17) is 9.47 Å². The lowest BCUT2D eigenvalue weighted by Gasteiger charge is -2.25. The van der Waals surface area contributed by atoms with Gasteiger partial charge in [-0.1, -0.05) is 48.5 Å². The van der Waals surface area contributed by atoms with Crippen LogP contribution in [0.2, 0.25) is 0 Å². The maximum Gasteiger partial charge on any atom is 0.411 e. The van der Waals surface area contributed by atoms with Crippen molar-refractivity contribution < 1.29 is 29.0 Å². The van der Waals surface area contributed by atoms with Crippen molar-refractivity contribution in [1.82, 2.24) is 15.1 Å². The third kappa shape index (κ3) is 4.60. The highest BCUT2D eigenvalue weighted by Gasteiger charge is 2.37. The van der Waals surface area contributed by atoms with Gasteiger partial charge in [0.25, 0.3) is 5.91 Å².